The molecule has 1 rings (SSSR count). The van der Waals surface area contributed by atoms with Crippen LogP contribution >= 0.6 is 15.9 Å². The molecule has 0 fully saturated rings. The summed E-state index contributed by atoms with van der Waals surface area (Å²) < 4.78 is 0.556. The summed E-state index contributed by atoms with van der Waals surface area (Å²) in [7, 11) is 0. The van der Waals surface area contributed by atoms with Crippen LogP contribution in [0.5, 0.6) is 0 Å². The minimum Gasteiger partial charge on any atom is -0.329 e. The molecule has 1 aromatic rings. The van der Waals surface area contributed by atoms with Crippen LogP contribution in [0, 0.1) is 10.1 Å². The Bertz CT molecular complexity index is 398. The van der Waals surface area contributed by atoms with E-state index in [9.17, 15) is 10.1 Å². The van der Waals surface area contributed by atoms with Crippen LogP contribution in [-0.4, -0.2) is 29.5 Å². The molecule has 0 heterocycles. The van der Waals surface area contributed by atoms with Gasteiger partial charge in [0.05, 0.1) is 9.40 Å². The molecule has 94 valence electrons. The van der Waals surface area contributed by atoms with Gasteiger partial charge in [0.1, 0.15) is 0 Å². The van der Waals surface area contributed by atoms with Crippen molar-refractivity contribution in [1.29, 1.82) is 0 Å². The van der Waals surface area contributed by atoms with Gasteiger partial charge in [-0.05, 0) is 28.0 Å². The van der Waals surface area contributed by atoms with Crippen molar-refractivity contribution in [1.82, 2.24) is 4.90 Å². The van der Waals surface area contributed by atoms with Crippen molar-refractivity contribution in [2.24, 2.45) is 5.73 Å². The Morgan fingerprint density at radius 1 is 1.53 bits per heavy atom. The van der Waals surface area contributed by atoms with Crippen molar-refractivity contribution in [3.05, 3.63) is 38.3 Å². The Hall–Kier alpha value is -0.980. The lowest BCUT2D eigenvalue weighted by molar-refractivity contribution is -0.385. The fraction of sp³-hybridized carbons (Fsp3) is 0.455. The van der Waals surface area contributed by atoms with E-state index in [1.54, 1.807) is 6.07 Å². The van der Waals surface area contributed by atoms with Gasteiger partial charge in [0, 0.05) is 25.7 Å². The molecule has 0 aliphatic heterocycles. The number of hydrogen-bond donors (Lipinski definition) is 1. The predicted octanol–water partition coefficient (Wildman–Crippen LogP) is 2.14. The number of nitro benzene ring substituents is 1. The number of nitrogens with two attached hydrogens (primary N) is 1. The monoisotopic (exact) mass is 301 g/mol. The number of nitrogens with zero attached hydrogens (tertiary/aromatic N) is 2. The molecule has 0 saturated carbocycles. The Morgan fingerprint density at radius 2 is 2.24 bits per heavy atom. The first-order valence-corrected chi connectivity index (χ1v) is 6.23. The fourth-order valence-electron chi connectivity index (χ4n) is 1.60. The highest BCUT2D eigenvalue weighted by Crippen LogP contribution is 2.28. The molecule has 0 aromatic heterocycles. The first kappa shape index (κ1) is 14.1. The van der Waals surface area contributed by atoms with Crippen LogP contribution in [0.2, 0.25) is 0 Å². The van der Waals surface area contributed by atoms with E-state index in [0.717, 1.165) is 18.7 Å². The third kappa shape index (κ3) is 3.76. The van der Waals surface area contributed by atoms with Gasteiger partial charge in [0.15, 0.2) is 0 Å². The summed E-state index contributed by atoms with van der Waals surface area (Å²) in [6.45, 7) is 4.94. The van der Waals surface area contributed by atoms with Gasteiger partial charge < -0.3 is 5.73 Å². The molecule has 0 radical (unpaired) electrons. The standard InChI is InChI=1S/C11H16BrN3O2/c1-2-14(7-6-13)8-9-4-3-5-10(11(9)12)15(16)17/h3-5H,2,6-8,13H2,1H3. The smallest absolute Gasteiger partial charge is 0.283 e. The summed E-state index contributed by atoms with van der Waals surface area (Å²) in [4.78, 5) is 12.6. The molecule has 0 aliphatic carbocycles. The van der Waals surface area contributed by atoms with Gasteiger partial charge in [0.25, 0.3) is 5.69 Å². The maximum atomic E-state index is 10.8. The van der Waals surface area contributed by atoms with Crippen molar-refractivity contribution in [2.75, 3.05) is 19.6 Å². The Balaban J connectivity index is 2.91. The van der Waals surface area contributed by atoms with E-state index in [2.05, 4.69) is 20.8 Å². The number of hydrogen-bond acceptors (Lipinski definition) is 4. The second-order valence-electron chi connectivity index (χ2n) is 3.66. The number of halogens is 1. The van der Waals surface area contributed by atoms with Crippen molar-refractivity contribution in [3.8, 4) is 0 Å². The maximum absolute atomic E-state index is 10.8. The molecular formula is C11H16BrN3O2. The Labute approximate surface area is 109 Å². The average Bonchev–Trinajstić information content (AvgIpc) is 2.30. The van der Waals surface area contributed by atoms with Gasteiger partial charge in [-0.25, -0.2) is 0 Å². The summed E-state index contributed by atoms with van der Waals surface area (Å²) in [5.74, 6) is 0. The van der Waals surface area contributed by atoms with Crippen LogP contribution < -0.4 is 5.73 Å². The summed E-state index contributed by atoms with van der Waals surface area (Å²) in [5.41, 5.74) is 6.53. The minimum absolute atomic E-state index is 0.103. The van der Waals surface area contributed by atoms with Crippen LogP contribution in [0.25, 0.3) is 0 Å². The van der Waals surface area contributed by atoms with E-state index in [1.165, 1.54) is 6.07 Å². The quantitative estimate of drug-likeness (QED) is 0.645. The first-order valence-electron chi connectivity index (χ1n) is 5.44. The lowest BCUT2D eigenvalue weighted by Gasteiger charge is -2.19. The molecule has 0 amide bonds. The highest BCUT2D eigenvalue weighted by atomic mass is 79.9. The SMILES string of the molecule is CCN(CCN)Cc1cccc([N+](=O)[O-])c1Br. The molecule has 0 aliphatic rings. The third-order valence-corrected chi connectivity index (χ3v) is 3.46. The summed E-state index contributed by atoms with van der Waals surface area (Å²) in [5, 5.41) is 10.8. The normalized spacial score (nSPS) is 10.8. The molecule has 0 spiro atoms. The van der Waals surface area contributed by atoms with Gasteiger partial charge >= 0.3 is 0 Å². The topological polar surface area (TPSA) is 72.4 Å². The number of benzene rings is 1. The maximum Gasteiger partial charge on any atom is 0.283 e. The van der Waals surface area contributed by atoms with Gasteiger partial charge in [-0.3, -0.25) is 15.0 Å². The minimum atomic E-state index is -0.382. The van der Waals surface area contributed by atoms with E-state index >= 15 is 0 Å². The van der Waals surface area contributed by atoms with E-state index in [0.29, 0.717) is 17.6 Å². The molecule has 6 heteroatoms. The van der Waals surface area contributed by atoms with Crippen molar-refractivity contribution < 1.29 is 4.92 Å². The lowest BCUT2D eigenvalue weighted by Crippen LogP contribution is -2.29. The molecular weight excluding hydrogens is 286 g/mol. The second-order valence-corrected chi connectivity index (χ2v) is 4.46. The van der Waals surface area contributed by atoms with Gasteiger partial charge in [-0.1, -0.05) is 19.1 Å². The number of nitro groups is 1. The first-order chi connectivity index (χ1) is 8.10. The van der Waals surface area contributed by atoms with Crippen LogP contribution in [0.4, 0.5) is 5.69 Å². The van der Waals surface area contributed by atoms with Crippen LogP contribution in [0.3, 0.4) is 0 Å². The van der Waals surface area contributed by atoms with Crippen molar-refractivity contribution >= 4 is 21.6 Å². The third-order valence-electron chi connectivity index (χ3n) is 2.54. The van der Waals surface area contributed by atoms with Gasteiger partial charge in [-0.15, -0.1) is 0 Å². The summed E-state index contributed by atoms with van der Waals surface area (Å²) in [6, 6.07) is 5.08. The summed E-state index contributed by atoms with van der Waals surface area (Å²) in [6.07, 6.45) is 0. The fourth-order valence-corrected chi connectivity index (χ4v) is 2.14. The Kier molecular flexibility index (Phi) is 5.54. The molecule has 0 saturated heterocycles. The highest BCUT2D eigenvalue weighted by molar-refractivity contribution is 9.10. The highest BCUT2D eigenvalue weighted by Gasteiger charge is 2.15. The van der Waals surface area contributed by atoms with Crippen LogP contribution in [0.1, 0.15) is 12.5 Å². The lowest BCUT2D eigenvalue weighted by atomic mass is 10.2. The zero-order valence-electron chi connectivity index (χ0n) is 9.73. The molecule has 0 atom stereocenters. The van der Waals surface area contributed by atoms with Gasteiger partial charge in [-0.2, -0.15) is 0 Å². The van der Waals surface area contributed by atoms with Crippen molar-refractivity contribution in [3.63, 3.8) is 0 Å². The summed E-state index contributed by atoms with van der Waals surface area (Å²) >= 11 is 3.29. The van der Waals surface area contributed by atoms with E-state index in [4.69, 9.17) is 5.73 Å². The molecule has 17 heavy (non-hydrogen) atoms. The Morgan fingerprint density at radius 3 is 2.76 bits per heavy atom. The molecule has 0 unspecified atom stereocenters. The van der Waals surface area contributed by atoms with Crippen LogP contribution in [-0.2, 0) is 6.54 Å². The molecule has 2 N–H and O–H groups in total. The van der Waals surface area contributed by atoms with E-state index < -0.39 is 0 Å². The average molecular weight is 302 g/mol. The molecule has 5 nitrogen and oxygen atoms in total. The predicted molar refractivity (Wildman–Crippen MR) is 70.8 cm³/mol. The number of rotatable bonds is 6. The van der Waals surface area contributed by atoms with E-state index in [-0.39, 0.29) is 10.6 Å². The second kappa shape index (κ2) is 6.68. The number of likely N-dealkylation sites (N-methyl/N-ethyl adjacent to an activating group) is 1. The largest absolute Gasteiger partial charge is 0.329 e. The van der Waals surface area contributed by atoms with Gasteiger partial charge in [0.2, 0.25) is 0 Å². The van der Waals surface area contributed by atoms with Crippen LogP contribution in [0.15, 0.2) is 22.7 Å². The van der Waals surface area contributed by atoms with E-state index in [1.807, 2.05) is 13.0 Å². The molecule has 1 aromatic carbocycles. The zero-order valence-corrected chi connectivity index (χ0v) is 11.3. The van der Waals surface area contributed by atoms with Crippen molar-refractivity contribution in [2.45, 2.75) is 13.5 Å². The molecule has 0 bridgehead atoms. The zero-order chi connectivity index (χ0) is 12.8.